The molecule has 0 radical (unpaired) electrons. The highest BCUT2D eigenvalue weighted by Gasteiger charge is 2.47. The molecule has 1 aliphatic heterocycles. The minimum atomic E-state index is -1.35. The molecule has 1 saturated heterocycles. The molecule has 0 spiro atoms. The number of carbonyl (C=O) groups excluding carboxylic acids is 2. The summed E-state index contributed by atoms with van der Waals surface area (Å²) in [6, 6.07) is 13.3. The van der Waals surface area contributed by atoms with Gasteiger partial charge in [0, 0.05) is 8.07 Å². The summed E-state index contributed by atoms with van der Waals surface area (Å²) in [6.45, 7) is 16.5. The van der Waals surface area contributed by atoms with Crippen molar-refractivity contribution in [1.82, 2.24) is 0 Å². The first-order valence-electron chi connectivity index (χ1n) is 15.1. The Bertz CT molecular complexity index is 1310. The SMILES string of the molecule is CCC/C=C(/F)C(OC(=O)c1ccccc1)[C@H]1OC(C)(C)O[C@@H]1C/C=C/c1cc(C)cc(C)c1C(=O)OCC[Si](C)(C)C. The fraction of sp³-hybridized carbons (Fsp3) is 0.486. The van der Waals surface area contributed by atoms with Gasteiger partial charge < -0.3 is 18.9 Å². The van der Waals surface area contributed by atoms with Crippen LogP contribution in [0.2, 0.25) is 25.7 Å². The molecule has 2 aromatic rings. The third kappa shape index (κ3) is 10.3. The van der Waals surface area contributed by atoms with E-state index in [0.29, 0.717) is 30.6 Å². The molecule has 1 unspecified atom stereocenters. The van der Waals surface area contributed by atoms with E-state index in [4.69, 9.17) is 18.9 Å². The molecule has 3 atom stereocenters. The van der Waals surface area contributed by atoms with Gasteiger partial charge in [-0.2, -0.15) is 0 Å². The van der Waals surface area contributed by atoms with Gasteiger partial charge in [-0.05, 0) is 75.9 Å². The van der Waals surface area contributed by atoms with Crippen LogP contribution in [-0.4, -0.2) is 50.7 Å². The fourth-order valence-corrected chi connectivity index (χ4v) is 5.71. The van der Waals surface area contributed by atoms with E-state index in [9.17, 15) is 9.59 Å². The Hall–Kier alpha value is -3.07. The monoisotopic (exact) mass is 610 g/mol. The van der Waals surface area contributed by atoms with Gasteiger partial charge in [-0.15, -0.1) is 0 Å². The molecule has 2 aromatic carbocycles. The molecule has 43 heavy (non-hydrogen) atoms. The first-order chi connectivity index (χ1) is 20.2. The maximum atomic E-state index is 15.6. The lowest BCUT2D eigenvalue weighted by Gasteiger charge is -2.25. The molecule has 0 amide bonds. The predicted octanol–water partition coefficient (Wildman–Crippen LogP) is 8.60. The van der Waals surface area contributed by atoms with Crippen molar-refractivity contribution >= 4 is 26.1 Å². The number of rotatable bonds is 13. The van der Waals surface area contributed by atoms with E-state index in [1.54, 1.807) is 44.2 Å². The summed E-state index contributed by atoms with van der Waals surface area (Å²) in [5.74, 6) is -2.56. The minimum absolute atomic E-state index is 0.324. The zero-order chi connectivity index (χ0) is 31.8. The van der Waals surface area contributed by atoms with Gasteiger partial charge >= 0.3 is 11.9 Å². The molecule has 3 rings (SSSR count). The van der Waals surface area contributed by atoms with Crippen LogP contribution in [0.4, 0.5) is 4.39 Å². The summed E-state index contributed by atoms with van der Waals surface area (Å²) in [6.07, 6.45) is 4.00. The molecule has 1 fully saturated rings. The van der Waals surface area contributed by atoms with Crippen molar-refractivity contribution in [1.29, 1.82) is 0 Å². The highest BCUT2D eigenvalue weighted by Crippen LogP contribution is 2.36. The number of hydrogen-bond acceptors (Lipinski definition) is 6. The average molecular weight is 611 g/mol. The Kier molecular flexibility index (Phi) is 12.1. The van der Waals surface area contributed by atoms with Gasteiger partial charge in [0.25, 0.3) is 0 Å². The van der Waals surface area contributed by atoms with Crippen molar-refractivity contribution in [2.75, 3.05) is 6.61 Å². The van der Waals surface area contributed by atoms with Crippen molar-refractivity contribution < 1.29 is 32.9 Å². The quantitative estimate of drug-likeness (QED) is 0.167. The lowest BCUT2D eigenvalue weighted by Crippen LogP contribution is -2.39. The normalized spacial score (nSPS) is 19.4. The topological polar surface area (TPSA) is 71.1 Å². The van der Waals surface area contributed by atoms with Crippen LogP contribution < -0.4 is 0 Å². The minimum Gasteiger partial charge on any atom is -0.462 e. The van der Waals surface area contributed by atoms with Gasteiger partial charge in [-0.25, -0.2) is 14.0 Å². The molecule has 0 aromatic heterocycles. The lowest BCUT2D eigenvalue weighted by molar-refractivity contribution is -0.154. The molecule has 0 N–H and O–H groups in total. The number of allylic oxidation sites excluding steroid dienone is 1. The van der Waals surface area contributed by atoms with Crippen LogP contribution in [0.3, 0.4) is 0 Å². The first-order valence-corrected chi connectivity index (χ1v) is 18.8. The van der Waals surface area contributed by atoms with Crippen LogP contribution in [0.25, 0.3) is 6.08 Å². The Labute approximate surface area is 257 Å². The second-order valence-corrected chi connectivity index (χ2v) is 18.5. The Morgan fingerprint density at radius 2 is 1.77 bits per heavy atom. The number of halogens is 1. The summed E-state index contributed by atoms with van der Waals surface area (Å²) in [5.41, 5.74) is 3.45. The largest absolute Gasteiger partial charge is 0.462 e. The molecule has 0 bridgehead atoms. The third-order valence-electron chi connectivity index (χ3n) is 7.13. The molecule has 234 valence electrons. The predicted molar refractivity (Wildman–Crippen MR) is 172 cm³/mol. The van der Waals surface area contributed by atoms with Gasteiger partial charge in [-0.3, -0.25) is 0 Å². The number of benzene rings is 2. The maximum Gasteiger partial charge on any atom is 0.338 e. The summed E-state index contributed by atoms with van der Waals surface area (Å²) < 4.78 is 39.3. The number of esters is 2. The van der Waals surface area contributed by atoms with E-state index < -0.39 is 44.0 Å². The maximum absolute atomic E-state index is 15.6. The van der Waals surface area contributed by atoms with Crippen LogP contribution >= 0.6 is 0 Å². The number of aryl methyl sites for hydroxylation is 2. The summed E-state index contributed by atoms with van der Waals surface area (Å²) >= 11 is 0. The molecule has 0 saturated carbocycles. The van der Waals surface area contributed by atoms with Gasteiger partial charge in [0.1, 0.15) is 11.9 Å². The standard InChI is InChI=1S/C35H47FO6Si/c1-9-10-18-28(36)31(40-33(37)26-15-12-11-13-16-26)32-29(41-35(4,5)42-32)19-14-17-27-23-24(2)22-25(3)30(27)34(38)39-20-21-43(6,7)8/h11-18,22-23,29,31-32H,9-10,19-21H2,1-8H3/b17-14+,28-18+/t29-,31?,32+/m1/s1. The van der Waals surface area contributed by atoms with Gasteiger partial charge in [0.05, 0.1) is 23.8 Å². The van der Waals surface area contributed by atoms with Crippen molar-refractivity contribution in [2.24, 2.45) is 0 Å². The van der Waals surface area contributed by atoms with Crippen molar-refractivity contribution in [3.8, 4) is 0 Å². The zero-order valence-corrected chi connectivity index (χ0v) is 27.9. The highest BCUT2D eigenvalue weighted by atomic mass is 28.3. The van der Waals surface area contributed by atoms with Crippen molar-refractivity contribution in [3.63, 3.8) is 0 Å². The summed E-state index contributed by atoms with van der Waals surface area (Å²) in [4.78, 5) is 26.1. The van der Waals surface area contributed by atoms with Gasteiger partial charge in [0.15, 0.2) is 11.9 Å². The van der Waals surface area contributed by atoms with Crippen LogP contribution in [-0.2, 0) is 18.9 Å². The van der Waals surface area contributed by atoms with E-state index in [2.05, 4.69) is 19.6 Å². The van der Waals surface area contributed by atoms with Gasteiger partial charge in [0.2, 0.25) is 0 Å². The van der Waals surface area contributed by atoms with E-state index in [1.165, 1.54) is 6.08 Å². The number of unbranched alkanes of at least 4 members (excludes halogenated alkanes) is 1. The van der Waals surface area contributed by atoms with Crippen LogP contribution in [0.1, 0.15) is 77.4 Å². The zero-order valence-electron chi connectivity index (χ0n) is 26.9. The molecule has 1 heterocycles. The Morgan fingerprint density at radius 3 is 2.42 bits per heavy atom. The molecular formula is C35H47FO6Si. The summed E-state index contributed by atoms with van der Waals surface area (Å²) in [5, 5.41) is 0. The number of hydrogen-bond donors (Lipinski definition) is 0. The molecule has 0 aliphatic carbocycles. The highest BCUT2D eigenvalue weighted by molar-refractivity contribution is 6.76. The smallest absolute Gasteiger partial charge is 0.338 e. The number of ether oxygens (including phenoxy) is 4. The van der Waals surface area contributed by atoms with E-state index in [-0.39, 0.29) is 5.97 Å². The molecule has 1 aliphatic rings. The van der Waals surface area contributed by atoms with E-state index in [0.717, 1.165) is 29.2 Å². The Morgan fingerprint density at radius 1 is 1.07 bits per heavy atom. The summed E-state index contributed by atoms with van der Waals surface area (Å²) in [7, 11) is -1.35. The molecular weight excluding hydrogens is 563 g/mol. The molecule has 6 nitrogen and oxygen atoms in total. The van der Waals surface area contributed by atoms with Crippen molar-refractivity contribution in [2.45, 2.75) is 104 Å². The Balaban J connectivity index is 1.86. The second-order valence-electron chi connectivity index (χ2n) is 12.8. The van der Waals surface area contributed by atoms with Crippen molar-refractivity contribution in [3.05, 3.63) is 88.3 Å². The van der Waals surface area contributed by atoms with E-state index in [1.807, 2.05) is 45.1 Å². The first kappa shape index (κ1) is 34.4. The fourth-order valence-electron chi connectivity index (χ4n) is 5.00. The second kappa shape index (κ2) is 15.1. The van der Waals surface area contributed by atoms with Crippen LogP contribution in [0.15, 0.2) is 60.4 Å². The average Bonchev–Trinajstić information content (AvgIpc) is 3.23. The van der Waals surface area contributed by atoms with Gasteiger partial charge in [-0.1, -0.05) is 81.0 Å². The lowest BCUT2D eigenvalue weighted by atomic mass is 9.97. The third-order valence-corrected chi connectivity index (χ3v) is 8.83. The molecule has 8 heteroatoms. The number of carbonyl (C=O) groups is 2. The van der Waals surface area contributed by atoms with E-state index >= 15 is 4.39 Å². The van der Waals surface area contributed by atoms with Crippen LogP contribution in [0, 0.1) is 13.8 Å². The van der Waals surface area contributed by atoms with Crippen LogP contribution in [0.5, 0.6) is 0 Å².